The van der Waals surface area contributed by atoms with E-state index in [0.717, 1.165) is 46.7 Å². The lowest BCUT2D eigenvalue weighted by molar-refractivity contribution is -0.146. The Labute approximate surface area is 202 Å². The fourth-order valence-electron chi connectivity index (χ4n) is 4.74. The van der Waals surface area contributed by atoms with Gasteiger partial charge in [0.25, 0.3) is 0 Å². The number of carbonyl (C=O) groups is 1. The Bertz CT molecular complexity index is 1100. The lowest BCUT2D eigenvalue weighted by Crippen LogP contribution is -2.44. The third kappa shape index (κ3) is 5.84. The highest BCUT2D eigenvalue weighted by Crippen LogP contribution is 2.34. The van der Waals surface area contributed by atoms with Crippen molar-refractivity contribution in [2.45, 2.75) is 31.8 Å². The Morgan fingerprint density at radius 1 is 1.33 bits per heavy atom. The second kappa shape index (κ2) is 10.8. The van der Waals surface area contributed by atoms with E-state index in [1.54, 1.807) is 24.6 Å². The molecule has 176 valence electrons. The number of pyridine rings is 1. The maximum atomic E-state index is 12.0. The molecule has 0 bridgehead atoms. The van der Waals surface area contributed by atoms with Crippen molar-refractivity contribution >= 4 is 39.8 Å². The van der Waals surface area contributed by atoms with Crippen molar-refractivity contribution in [2.75, 3.05) is 26.7 Å². The average molecular weight is 489 g/mol. The number of thiophene rings is 1. The summed E-state index contributed by atoms with van der Waals surface area (Å²) in [5, 5.41) is 21.7. The van der Waals surface area contributed by atoms with Crippen LogP contribution in [0.25, 0.3) is 10.9 Å². The van der Waals surface area contributed by atoms with Crippen molar-refractivity contribution in [2.24, 2.45) is 11.8 Å². The molecule has 0 aliphatic carbocycles. The minimum Gasteiger partial charge on any atom is -0.497 e. The highest BCUT2D eigenvalue weighted by molar-refractivity contribution is 7.16. The molecule has 3 atom stereocenters. The number of benzene rings is 1. The number of aromatic nitrogens is 1. The number of nitrogens with zero attached hydrogens (tertiary/aromatic N) is 2. The number of methoxy groups -OCH3 is 1. The van der Waals surface area contributed by atoms with Crippen molar-refractivity contribution < 1.29 is 19.7 Å². The average Bonchev–Trinajstić information content (AvgIpc) is 3.25. The first-order valence-electron chi connectivity index (χ1n) is 11.2. The van der Waals surface area contributed by atoms with Crippen LogP contribution in [0.4, 0.5) is 0 Å². The first kappa shape index (κ1) is 24.0. The van der Waals surface area contributed by atoms with Gasteiger partial charge in [0.15, 0.2) is 0 Å². The number of aliphatic hydroxyl groups excluding tert-OH is 1. The van der Waals surface area contributed by atoms with Crippen molar-refractivity contribution in [1.82, 2.24) is 9.88 Å². The molecule has 2 N–H and O–H groups in total. The van der Waals surface area contributed by atoms with E-state index in [0.29, 0.717) is 25.1 Å². The molecule has 1 saturated heterocycles. The number of carboxylic acid groups (broad SMARTS) is 1. The molecule has 0 spiro atoms. The minimum atomic E-state index is -0.752. The highest BCUT2D eigenvalue weighted by atomic mass is 35.5. The molecule has 1 aromatic carbocycles. The smallest absolute Gasteiger partial charge is 0.308 e. The van der Waals surface area contributed by atoms with Crippen molar-refractivity contribution in [1.29, 1.82) is 0 Å². The van der Waals surface area contributed by atoms with E-state index in [9.17, 15) is 15.0 Å². The molecule has 0 unspecified atom stereocenters. The van der Waals surface area contributed by atoms with Gasteiger partial charge in [0.05, 0.1) is 29.0 Å². The highest BCUT2D eigenvalue weighted by Gasteiger charge is 2.34. The first-order chi connectivity index (χ1) is 15.9. The number of piperidine rings is 1. The van der Waals surface area contributed by atoms with Crippen molar-refractivity contribution in [3.8, 4) is 5.75 Å². The summed E-state index contributed by atoms with van der Waals surface area (Å²) in [7, 11) is 1.61. The Morgan fingerprint density at radius 3 is 2.91 bits per heavy atom. The Hall–Kier alpha value is -2.19. The van der Waals surface area contributed by atoms with Gasteiger partial charge in [0.1, 0.15) is 5.75 Å². The number of carboxylic acids is 1. The van der Waals surface area contributed by atoms with E-state index in [1.807, 2.05) is 36.4 Å². The van der Waals surface area contributed by atoms with Gasteiger partial charge in [-0.2, -0.15) is 0 Å². The lowest BCUT2D eigenvalue weighted by Gasteiger charge is -2.37. The van der Waals surface area contributed by atoms with Gasteiger partial charge < -0.3 is 19.8 Å². The van der Waals surface area contributed by atoms with E-state index in [2.05, 4.69) is 9.88 Å². The van der Waals surface area contributed by atoms with Crippen LogP contribution in [-0.4, -0.2) is 52.8 Å². The van der Waals surface area contributed by atoms with Crippen LogP contribution < -0.4 is 4.74 Å². The quantitative estimate of drug-likeness (QED) is 0.439. The van der Waals surface area contributed by atoms with Crippen LogP contribution in [0.15, 0.2) is 42.6 Å². The van der Waals surface area contributed by atoms with Gasteiger partial charge in [-0.05, 0) is 80.1 Å². The predicted molar refractivity (Wildman–Crippen MR) is 131 cm³/mol. The van der Waals surface area contributed by atoms with Crippen molar-refractivity contribution in [3.05, 3.63) is 57.4 Å². The predicted octanol–water partition coefficient (Wildman–Crippen LogP) is 5.04. The first-order valence-corrected chi connectivity index (χ1v) is 12.4. The number of aliphatic hydroxyl groups is 1. The van der Waals surface area contributed by atoms with Gasteiger partial charge in [0, 0.05) is 29.5 Å². The monoisotopic (exact) mass is 488 g/mol. The van der Waals surface area contributed by atoms with Crippen LogP contribution in [0.1, 0.15) is 35.8 Å². The fraction of sp³-hybridized carbons (Fsp3) is 0.440. The van der Waals surface area contributed by atoms with Crippen LogP contribution in [0.2, 0.25) is 4.34 Å². The molecule has 8 heteroatoms. The molecular weight excluding hydrogens is 460 g/mol. The summed E-state index contributed by atoms with van der Waals surface area (Å²) in [6.45, 7) is 2.25. The summed E-state index contributed by atoms with van der Waals surface area (Å²) < 4.78 is 6.11. The molecule has 3 heterocycles. The lowest BCUT2D eigenvalue weighted by atomic mass is 9.81. The van der Waals surface area contributed by atoms with Gasteiger partial charge in [-0.1, -0.05) is 11.6 Å². The maximum absolute atomic E-state index is 12.0. The number of ether oxygens (including phenoxy) is 1. The number of halogens is 1. The molecule has 1 aliphatic rings. The molecule has 3 aromatic rings. The van der Waals surface area contributed by atoms with Crippen LogP contribution in [0.5, 0.6) is 5.75 Å². The number of likely N-dealkylation sites (tertiary alicyclic amines) is 1. The SMILES string of the molecule is COc1ccc2nccc([C@@H](O)CC[C@@H]3CCN(CCc4ccc(Cl)s4)C[C@@H]3C(=O)O)c2c1. The zero-order chi connectivity index (χ0) is 23.4. The second-order valence-electron chi connectivity index (χ2n) is 8.63. The summed E-state index contributed by atoms with van der Waals surface area (Å²) >= 11 is 7.59. The van der Waals surface area contributed by atoms with Crippen LogP contribution in [0, 0.1) is 11.8 Å². The molecular formula is C25H29ClN2O4S. The van der Waals surface area contributed by atoms with Gasteiger partial charge >= 0.3 is 5.97 Å². The number of hydrogen-bond acceptors (Lipinski definition) is 6. The minimum absolute atomic E-state index is 0.0484. The largest absolute Gasteiger partial charge is 0.497 e. The molecule has 1 aliphatic heterocycles. The zero-order valence-corrected chi connectivity index (χ0v) is 20.2. The number of fused-ring (bicyclic) bond motifs is 1. The van der Waals surface area contributed by atoms with Gasteiger partial charge in [-0.3, -0.25) is 9.78 Å². The van der Waals surface area contributed by atoms with E-state index in [1.165, 1.54) is 4.88 Å². The molecule has 33 heavy (non-hydrogen) atoms. The number of rotatable bonds is 9. The molecule has 6 nitrogen and oxygen atoms in total. The molecule has 2 aromatic heterocycles. The summed E-state index contributed by atoms with van der Waals surface area (Å²) in [4.78, 5) is 19.9. The summed E-state index contributed by atoms with van der Waals surface area (Å²) in [6.07, 6.45) is 3.90. The van der Waals surface area contributed by atoms with Gasteiger partial charge in [0.2, 0.25) is 0 Å². The maximum Gasteiger partial charge on any atom is 0.308 e. The normalized spacial score (nSPS) is 20.1. The van der Waals surface area contributed by atoms with Crippen LogP contribution in [-0.2, 0) is 11.2 Å². The topological polar surface area (TPSA) is 82.9 Å². The standard InChI is InChI=1S/C25H29ClN2O4S/c1-32-17-3-5-22-20(14-17)19(8-11-27-22)23(29)6-2-16-9-12-28(15-21(16)25(30)31)13-10-18-4-7-24(26)33-18/h3-5,7-8,11,14,16,21,23,29H,2,6,9-10,12-13,15H2,1H3,(H,30,31)/t16-,21+,23+/m1/s1. The van der Waals surface area contributed by atoms with E-state index in [-0.39, 0.29) is 5.92 Å². The van der Waals surface area contributed by atoms with E-state index in [4.69, 9.17) is 16.3 Å². The van der Waals surface area contributed by atoms with Crippen molar-refractivity contribution in [3.63, 3.8) is 0 Å². The molecule has 0 amide bonds. The van der Waals surface area contributed by atoms with Crippen LogP contribution in [0.3, 0.4) is 0 Å². The second-order valence-corrected chi connectivity index (χ2v) is 10.4. The molecule has 0 radical (unpaired) electrons. The van der Waals surface area contributed by atoms with Gasteiger partial charge in [-0.15, -0.1) is 11.3 Å². The number of aliphatic carboxylic acids is 1. The summed E-state index contributed by atoms with van der Waals surface area (Å²) in [5.41, 5.74) is 1.61. The Kier molecular flexibility index (Phi) is 7.86. The Morgan fingerprint density at radius 2 is 2.18 bits per heavy atom. The third-order valence-electron chi connectivity index (χ3n) is 6.61. The fourth-order valence-corrected chi connectivity index (χ4v) is 5.82. The molecule has 1 fully saturated rings. The summed E-state index contributed by atoms with van der Waals surface area (Å²) in [5.74, 6) is -0.413. The van der Waals surface area contributed by atoms with Crippen LogP contribution >= 0.6 is 22.9 Å². The third-order valence-corrected chi connectivity index (χ3v) is 7.90. The zero-order valence-electron chi connectivity index (χ0n) is 18.6. The molecule has 0 saturated carbocycles. The number of hydrogen-bond donors (Lipinski definition) is 2. The Balaban J connectivity index is 1.37. The van der Waals surface area contributed by atoms with E-state index < -0.39 is 18.0 Å². The van der Waals surface area contributed by atoms with Gasteiger partial charge in [-0.25, -0.2) is 0 Å². The molecule has 4 rings (SSSR count). The van der Waals surface area contributed by atoms with E-state index >= 15 is 0 Å². The summed E-state index contributed by atoms with van der Waals surface area (Å²) in [6, 6.07) is 11.4.